The summed E-state index contributed by atoms with van der Waals surface area (Å²) < 4.78 is 12.4. The Morgan fingerprint density at radius 3 is 2.86 bits per heavy atom. The number of imidazole rings is 1. The Labute approximate surface area is 124 Å². The third kappa shape index (κ3) is 4.01. The highest BCUT2D eigenvalue weighted by atomic mass is 31.2. The van der Waals surface area contributed by atoms with Crippen LogP contribution in [-0.4, -0.2) is 41.0 Å². The molecule has 0 bridgehead atoms. The summed E-state index contributed by atoms with van der Waals surface area (Å²) >= 11 is 0. The average molecular weight is 329 g/mol. The summed E-state index contributed by atoms with van der Waals surface area (Å²) in [6, 6.07) is 0. The molecule has 0 aliphatic heterocycles. The second kappa shape index (κ2) is 6.41. The Morgan fingerprint density at radius 1 is 1.50 bits per heavy atom. The van der Waals surface area contributed by atoms with Crippen LogP contribution in [0.4, 0.5) is 5.95 Å². The molecule has 6 N–H and O–H groups in total. The molecule has 0 amide bonds. The predicted octanol–water partition coefficient (Wildman–Crippen LogP) is -0.608. The minimum absolute atomic E-state index is 0.0284. The molecule has 11 heteroatoms. The largest absolute Gasteiger partial charge is 0.396 e. The SMILES string of the molecule is Nc1nc2c(ncn2CCC(C=CP(=O)(O)O)CO)c(=O)[nH]1. The van der Waals surface area contributed by atoms with Crippen LogP contribution < -0.4 is 11.3 Å². The third-order valence-corrected chi connectivity index (χ3v) is 3.58. The van der Waals surface area contributed by atoms with Gasteiger partial charge in [0.15, 0.2) is 11.2 Å². The number of aromatic amines is 1. The van der Waals surface area contributed by atoms with Crippen molar-refractivity contribution < 1.29 is 19.5 Å². The number of nitrogen functional groups attached to an aromatic ring is 1. The van der Waals surface area contributed by atoms with Gasteiger partial charge in [-0.15, -0.1) is 0 Å². The highest BCUT2D eigenvalue weighted by Gasteiger charge is 2.12. The van der Waals surface area contributed by atoms with Crippen molar-refractivity contribution in [3.63, 3.8) is 0 Å². The van der Waals surface area contributed by atoms with Gasteiger partial charge in [-0.25, -0.2) is 4.98 Å². The summed E-state index contributed by atoms with van der Waals surface area (Å²) in [5.41, 5.74) is 5.51. The van der Waals surface area contributed by atoms with Gasteiger partial charge in [-0.05, 0) is 6.42 Å². The number of aliphatic hydroxyl groups excluding tert-OH is 1. The maximum Gasteiger partial charge on any atom is 0.348 e. The van der Waals surface area contributed by atoms with E-state index in [-0.39, 0.29) is 18.1 Å². The molecule has 120 valence electrons. The lowest BCUT2D eigenvalue weighted by molar-refractivity contribution is 0.242. The number of aliphatic hydroxyl groups is 1. The van der Waals surface area contributed by atoms with E-state index in [4.69, 9.17) is 15.5 Å². The number of hydrogen-bond donors (Lipinski definition) is 5. The van der Waals surface area contributed by atoms with E-state index in [1.807, 2.05) is 0 Å². The summed E-state index contributed by atoms with van der Waals surface area (Å²) in [4.78, 5) is 39.5. The van der Waals surface area contributed by atoms with Crippen molar-refractivity contribution in [3.8, 4) is 0 Å². The van der Waals surface area contributed by atoms with Gasteiger partial charge >= 0.3 is 7.60 Å². The molecule has 2 heterocycles. The first-order valence-corrected chi connectivity index (χ1v) is 8.04. The van der Waals surface area contributed by atoms with E-state index in [0.717, 1.165) is 5.82 Å². The van der Waals surface area contributed by atoms with Gasteiger partial charge in [0.1, 0.15) is 0 Å². The smallest absolute Gasteiger partial charge is 0.348 e. The van der Waals surface area contributed by atoms with E-state index in [1.165, 1.54) is 12.4 Å². The van der Waals surface area contributed by atoms with Crippen molar-refractivity contribution in [2.24, 2.45) is 5.92 Å². The molecule has 0 aliphatic rings. The summed E-state index contributed by atoms with van der Waals surface area (Å²) in [6.45, 7) is 0.0857. The van der Waals surface area contributed by atoms with Gasteiger partial charge < -0.3 is 25.2 Å². The third-order valence-electron chi connectivity index (χ3n) is 3.02. The molecule has 22 heavy (non-hydrogen) atoms. The zero-order valence-corrected chi connectivity index (χ0v) is 12.3. The minimum Gasteiger partial charge on any atom is -0.396 e. The maximum absolute atomic E-state index is 11.6. The topological polar surface area (TPSA) is 167 Å². The molecule has 10 nitrogen and oxygen atoms in total. The molecule has 1 atom stereocenters. The van der Waals surface area contributed by atoms with Gasteiger partial charge in [-0.1, -0.05) is 6.08 Å². The molecule has 2 rings (SSSR count). The summed E-state index contributed by atoms with van der Waals surface area (Å²) in [5.74, 6) is 0.296. The second-order valence-electron chi connectivity index (χ2n) is 4.72. The Bertz CT molecular complexity index is 792. The van der Waals surface area contributed by atoms with Crippen molar-refractivity contribution >= 4 is 24.7 Å². The number of nitrogens with one attached hydrogen (secondary N) is 1. The number of nitrogens with zero attached hydrogens (tertiary/aromatic N) is 3. The quantitative estimate of drug-likeness (QED) is 0.437. The number of H-pyrrole nitrogens is 1. The Morgan fingerprint density at radius 2 is 2.23 bits per heavy atom. The maximum atomic E-state index is 11.6. The number of aromatic nitrogens is 4. The van der Waals surface area contributed by atoms with Crippen LogP contribution in [0.25, 0.3) is 11.2 Å². The standard InChI is InChI=1S/C11H16N5O5P/c12-11-14-9-8(10(18)15-11)13-6-16(9)3-1-7(5-17)2-4-22(19,20)21/h2,4,6-7,17H,1,3,5H2,(H2,19,20,21)(H3,12,14,15,18). The highest BCUT2D eigenvalue weighted by molar-refractivity contribution is 7.55. The summed E-state index contributed by atoms with van der Waals surface area (Å²) in [6.07, 6.45) is 3.08. The van der Waals surface area contributed by atoms with E-state index < -0.39 is 19.1 Å². The van der Waals surface area contributed by atoms with Crippen molar-refractivity contribution in [2.75, 3.05) is 12.3 Å². The Hall–Kier alpha value is -2.00. The van der Waals surface area contributed by atoms with Gasteiger partial charge in [0.25, 0.3) is 5.56 Å². The van der Waals surface area contributed by atoms with Gasteiger partial charge in [-0.2, -0.15) is 4.98 Å². The molecule has 0 saturated heterocycles. The molecular weight excluding hydrogens is 313 g/mol. The summed E-state index contributed by atoms with van der Waals surface area (Å²) in [7, 11) is -4.25. The van der Waals surface area contributed by atoms with Gasteiger partial charge in [0.05, 0.1) is 6.33 Å². The van der Waals surface area contributed by atoms with Gasteiger partial charge in [0, 0.05) is 24.9 Å². The van der Waals surface area contributed by atoms with Crippen LogP contribution in [-0.2, 0) is 11.1 Å². The molecule has 1 unspecified atom stereocenters. The molecule has 0 spiro atoms. The number of rotatable bonds is 6. The van der Waals surface area contributed by atoms with Crippen LogP contribution in [0.2, 0.25) is 0 Å². The van der Waals surface area contributed by atoms with Crippen LogP contribution in [0, 0.1) is 5.92 Å². The van der Waals surface area contributed by atoms with E-state index in [1.54, 1.807) is 4.57 Å². The van der Waals surface area contributed by atoms with Crippen molar-refractivity contribution in [1.82, 2.24) is 19.5 Å². The number of nitrogens with two attached hydrogens (primary N) is 1. The first kappa shape index (κ1) is 16.4. The first-order chi connectivity index (χ1) is 10.3. The zero-order valence-electron chi connectivity index (χ0n) is 11.5. The monoisotopic (exact) mass is 329 g/mol. The zero-order chi connectivity index (χ0) is 16.3. The van der Waals surface area contributed by atoms with Crippen molar-refractivity contribution in [2.45, 2.75) is 13.0 Å². The van der Waals surface area contributed by atoms with E-state index in [2.05, 4.69) is 15.0 Å². The van der Waals surface area contributed by atoms with Crippen LogP contribution in [0.3, 0.4) is 0 Å². The Kier molecular flexibility index (Phi) is 4.77. The lowest BCUT2D eigenvalue weighted by Gasteiger charge is -2.10. The van der Waals surface area contributed by atoms with Crippen LogP contribution >= 0.6 is 7.60 Å². The fourth-order valence-electron chi connectivity index (χ4n) is 1.92. The summed E-state index contributed by atoms with van der Waals surface area (Å²) in [5, 5.41) is 9.23. The molecule has 0 aliphatic carbocycles. The van der Waals surface area contributed by atoms with Crippen LogP contribution in [0.1, 0.15) is 6.42 Å². The van der Waals surface area contributed by atoms with E-state index in [9.17, 15) is 14.5 Å². The highest BCUT2D eigenvalue weighted by Crippen LogP contribution is 2.36. The lowest BCUT2D eigenvalue weighted by atomic mass is 10.1. The van der Waals surface area contributed by atoms with Gasteiger partial charge in [-0.3, -0.25) is 14.3 Å². The van der Waals surface area contributed by atoms with Crippen molar-refractivity contribution in [1.29, 1.82) is 0 Å². The lowest BCUT2D eigenvalue weighted by Crippen LogP contribution is -2.13. The minimum atomic E-state index is -4.25. The van der Waals surface area contributed by atoms with E-state index >= 15 is 0 Å². The Balaban J connectivity index is 2.16. The normalized spacial score (nSPS) is 14.0. The molecule has 0 saturated carbocycles. The second-order valence-corrected chi connectivity index (χ2v) is 6.20. The first-order valence-electron chi connectivity index (χ1n) is 6.36. The number of aryl methyl sites for hydroxylation is 1. The molecular formula is C11H16N5O5P. The predicted molar refractivity (Wildman–Crippen MR) is 78.9 cm³/mol. The van der Waals surface area contributed by atoms with E-state index in [0.29, 0.717) is 18.6 Å². The van der Waals surface area contributed by atoms with Gasteiger partial charge in [0.2, 0.25) is 5.95 Å². The number of fused-ring (bicyclic) bond motifs is 1. The molecule has 2 aromatic rings. The van der Waals surface area contributed by atoms with Crippen LogP contribution in [0.5, 0.6) is 0 Å². The molecule has 2 aromatic heterocycles. The number of anilines is 1. The van der Waals surface area contributed by atoms with Crippen molar-refractivity contribution in [3.05, 3.63) is 28.6 Å². The molecule has 0 aromatic carbocycles. The molecule has 0 fully saturated rings. The number of hydrogen-bond acceptors (Lipinski definition) is 6. The molecule has 0 radical (unpaired) electrons. The fourth-order valence-corrected chi connectivity index (χ4v) is 2.39. The fraction of sp³-hybridized carbons (Fsp3) is 0.364. The average Bonchev–Trinajstić information content (AvgIpc) is 2.81. The van der Waals surface area contributed by atoms with Crippen LogP contribution in [0.15, 0.2) is 23.0 Å².